The van der Waals surface area contributed by atoms with E-state index < -0.39 is 11.8 Å². The van der Waals surface area contributed by atoms with E-state index in [1.807, 2.05) is 36.4 Å². The second kappa shape index (κ2) is 8.85. The highest BCUT2D eigenvalue weighted by Crippen LogP contribution is 2.22. The fourth-order valence-corrected chi connectivity index (χ4v) is 3.32. The lowest BCUT2D eigenvalue weighted by Crippen LogP contribution is -2.20. The lowest BCUT2D eigenvalue weighted by molar-refractivity contribution is 0.0988. The number of benzene rings is 3. The lowest BCUT2D eigenvalue weighted by Gasteiger charge is -2.08. The Morgan fingerprint density at radius 2 is 1.29 bits per heavy atom. The maximum Gasteiger partial charge on any atom is 0.277 e. The summed E-state index contributed by atoms with van der Waals surface area (Å²) in [6, 6.07) is 25.1. The van der Waals surface area contributed by atoms with Crippen molar-refractivity contribution in [3.05, 3.63) is 107 Å². The quantitative estimate of drug-likeness (QED) is 0.448. The Morgan fingerprint density at radius 3 is 1.84 bits per heavy atom. The van der Waals surface area contributed by atoms with Gasteiger partial charge in [0.15, 0.2) is 5.69 Å². The van der Waals surface area contributed by atoms with Gasteiger partial charge in [-0.25, -0.2) is 4.68 Å². The number of nitrogens with zero attached hydrogens (tertiary/aromatic N) is 2. The SMILES string of the molecule is Cc1c(C(=O)Nc2ccccc2)c(C(=O)Nc2ccccc2)nn1-c1ccc(Cl)cc1. The molecule has 0 unspecified atom stereocenters. The summed E-state index contributed by atoms with van der Waals surface area (Å²) in [6.07, 6.45) is 0. The largest absolute Gasteiger partial charge is 0.322 e. The normalized spacial score (nSPS) is 10.5. The van der Waals surface area contributed by atoms with Crippen molar-refractivity contribution in [2.45, 2.75) is 6.92 Å². The van der Waals surface area contributed by atoms with E-state index in [0.29, 0.717) is 27.8 Å². The van der Waals surface area contributed by atoms with Crippen LogP contribution in [0.1, 0.15) is 26.5 Å². The Morgan fingerprint density at radius 1 is 0.774 bits per heavy atom. The molecule has 0 spiro atoms. The number of carbonyl (C=O) groups is 2. The van der Waals surface area contributed by atoms with Crippen LogP contribution in [-0.4, -0.2) is 21.6 Å². The summed E-state index contributed by atoms with van der Waals surface area (Å²) in [5.41, 5.74) is 2.70. The number of para-hydroxylation sites is 2. The second-order valence-electron chi connectivity index (χ2n) is 6.84. The average Bonchev–Trinajstić information content (AvgIpc) is 3.13. The molecule has 4 aromatic rings. The van der Waals surface area contributed by atoms with Crippen molar-refractivity contribution in [3.8, 4) is 5.69 Å². The van der Waals surface area contributed by atoms with Crippen LogP contribution in [0.3, 0.4) is 0 Å². The van der Waals surface area contributed by atoms with E-state index in [9.17, 15) is 9.59 Å². The van der Waals surface area contributed by atoms with Crippen molar-refractivity contribution in [1.29, 1.82) is 0 Å². The van der Waals surface area contributed by atoms with Crippen molar-refractivity contribution in [1.82, 2.24) is 9.78 Å². The number of aromatic nitrogens is 2. The topological polar surface area (TPSA) is 76.0 Å². The molecule has 0 saturated carbocycles. The first-order valence-corrected chi connectivity index (χ1v) is 9.99. The molecule has 0 bridgehead atoms. The number of rotatable bonds is 5. The summed E-state index contributed by atoms with van der Waals surface area (Å²) < 4.78 is 1.57. The van der Waals surface area contributed by atoms with Gasteiger partial charge in [0.05, 0.1) is 16.9 Å². The number of hydrogen-bond acceptors (Lipinski definition) is 3. The smallest absolute Gasteiger partial charge is 0.277 e. The average molecular weight is 431 g/mol. The van der Waals surface area contributed by atoms with Crippen LogP contribution in [0.2, 0.25) is 5.02 Å². The van der Waals surface area contributed by atoms with Gasteiger partial charge in [0.2, 0.25) is 0 Å². The molecular weight excluding hydrogens is 412 g/mol. The highest BCUT2D eigenvalue weighted by atomic mass is 35.5. The molecule has 7 heteroatoms. The molecule has 154 valence electrons. The summed E-state index contributed by atoms with van der Waals surface area (Å²) in [6.45, 7) is 1.75. The summed E-state index contributed by atoms with van der Waals surface area (Å²) in [5, 5.41) is 10.7. The van der Waals surface area contributed by atoms with Gasteiger partial charge in [-0.05, 0) is 55.5 Å². The van der Waals surface area contributed by atoms with E-state index in [2.05, 4.69) is 15.7 Å². The fraction of sp³-hybridized carbons (Fsp3) is 0.0417. The lowest BCUT2D eigenvalue weighted by atomic mass is 10.1. The first-order chi connectivity index (χ1) is 15.0. The zero-order valence-corrected chi connectivity index (χ0v) is 17.4. The molecule has 0 aliphatic rings. The maximum absolute atomic E-state index is 13.1. The molecule has 2 amide bonds. The molecular formula is C24H19ClN4O2. The van der Waals surface area contributed by atoms with Gasteiger partial charge in [0, 0.05) is 16.4 Å². The van der Waals surface area contributed by atoms with Gasteiger partial charge in [0.25, 0.3) is 11.8 Å². The Bertz CT molecular complexity index is 1220. The van der Waals surface area contributed by atoms with Crippen LogP contribution in [0.25, 0.3) is 5.69 Å². The van der Waals surface area contributed by atoms with E-state index in [4.69, 9.17) is 11.6 Å². The summed E-state index contributed by atoms with van der Waals surface area (Å²) >= 11 is 6.00. The number of halogens is 1. The van der Waals surface area contributed by atoms with E-state index in [-0.39, 0.29) is 11.3 Å². The highest BCUT2D eigenvalue weighted by molar-refractivity contribution is 6.30. The van der Waals surface area contributed by atoms with Crippen molar-refractivity contribution in [2.75, 3.05) is 10.6 Å². The third kappa shape index (κ3) is 4.49. The minimum absolute atomic E-state index is 0.0322. The summed E-state index contributed by atoms with van der Waals surface area (Å²) in [4.78, 5) is 26.2. The molecule has 1 heterocycles. The van der Waals surface area contributed by atoms with Gasteiger partial charge in [-0.2, -0.15) is 5.10 Å². The standard InChI is InChI=1S/C24H19ClN4O2/c1-16-21(23(30)26-18-8-4-2-5-9-18)22(24(31)27-19-10-6-3-7-11-19)28-29(16)20-14-12-17(25)13-15-20/h2-15H,1H3,(H,26,30)(H,27,31). The highest BCUT2D eigenvalue weighted by Gasteiger charge is 2.27. The predicted octanol–water partition coefficient (Wildman–Crippen LogP) is 5.34. The number of carbonyl (C=O) groups excluding carboxylic acids is 2. The van der Waals surface area contributed by atoms with Gasteiger partial charge in [-0.1, -0.05) is 48.0 Å². The van der Waals surface area contributed by atoms with Crippen molar-refractivity contribution in [3.63, 3.8) is 0 Å². The molecule has 31 heavy (non-hydrogen) atoms. The van der Waals surface area contributed by atoms with E-state index in [0.717, 1.165) is 0 Å². The molecule has 0 saturated heterocycles. The molecule has 3 aromatic carbocycles. The Balaban J connectivity index is 1.75. The minimum atomic E-state index is -0.472. The molecule has 4 rings (SSSR count). The first-order valence-electron chi connectivity index (χ1n) is 9.61. The van der Waals surface area contributed by atoms with Crippen LogP contribution in [0.4, 0.5) is 11.4 Å². The monoisotopic (exact) mass is 430 g/mol. The van der Waals surface area contributed by atoms with E-state index in [1.54, 1.807) is 60.1 Å². The molecule has 2 N–H and O–H groups in total. The maximum atomic E-state index is 13.1. The van der Waals surface area contributed by atoms with Crippen molar-refractivity contribution >= 4 is 34.8 Å². The number of nitrogens with one attached hydrogen (secondary N) is 2. The van der Waals surface area contributed by atoms with Gasteiger partial charge in [0.1, 0.15) is 0 Å². The zero-order chi connectivity index (χ0) is 21.8. The van der Waals surface area contributed by atoms with E-state index >= 15 is 0 Å². The summed E-state index contributed by atoms with van der Waals surface area (Å²) in [7, 11) is 0. The molecule has 0 fully saturated rings. The van der Waals surface area contributed by atoms with E-state index in [1.165, 1.54) is 0 Å². The number of anilines is 2. The third-order valence-corrected chi connectivity index (χ3v) is 4.94. The Hall–Kier alpha value is -3.90. The van der Waals surface area contributed by atoms with Crippen LogP contribution in [0.5, 0.6) is 0 Å². The first kappa shape index (κ1) is 20.4. The Labute approximate surface area is 184 Å². The molecule has 1 aromatic heterocycles. The summed E-state index contributed by atoms with van der Waals surface area (Å²) in [5.74, 6) is -0.887. The van der Waals surface area contributed by atoms with Crippen molar-refractivity contribution in [2.24, 2.45) is 0 Å². The number of hydrogen-bond donors (Lipinski definition) is 2. The zero-order valence-electron chi connectivity index (χ0n) is 16.7. The molecule has 0 aliphatic carbocycles. The van der Waals surface area contributed by atoms with Crippen LogP contribution >= 0.6 is 11.6 Å². The van der Waals surface area contributed by atoms with Gasteiger partial charge in [-0.3, -0.25) is 9.59 Å². The molecule has 6 nitrogen and oxygen atoms in total. The molecule has 0 aliphatic heterocycles. The third-order valence-electron chi connectivity index (χ3n) is 4.69. The molecule has 0 atom stereocenters. The number of amides is 2. The predicted molar refractivity (Wildman–Crippen MR) is 122 cm³/mol. The second-order valence-corrected chi connectivity index (χ2v) is 7.27. The minimum Gasteiger partial charge on any atom is -0.322 e. The van der Waals surface area contributed by atoms with Gasteiger partial charge >= 0.3 is 0 Å². The molecule has 0 radical (unpaired) electrons. The van der Waals surface area contributed by atoms with Crippen LogP contribution in [0, 0.1) is 6.92 Å². The van der Waals surface area contributed by atoms with Crippen molar-refractivity contribution < 1.29 is 9.59 Å². The fourth-order valence-electron chi connectivity index (χ4n) is 3.19. The van der Waals surface area contributed by atoms with Gasteiger partial charge in [-0.15, -0.1) is 0 Å². The van der Waals surface area contributed by atoms with Crippen LogP contribution < -0.4 is 10.6 Å². The Kier molecular flexibility index (Phi) is 5.82. The van der Waals surface area contributed by atoms with Crippen LogP contribution in [0.15, 0.2) is 84.9 Å². The van der Waals surface area contributed by atoms with Gasteiger partial charge < -0.3 is 10.6 Å². The van der Waals surface area contributed by atoms with Crippen LogP contribution in [-0.2, 0) is 0 Å².